The zero-order valence-electron chi connectivity index (χ0n) is 23.7. The van der Waals surface area contributed by atoms with Crippen LogP contribution in [0.15, 0.2) is 12.2 Å². The number of rotatable bonds is 22. The second kappa shape index (κ2) is 21.7. The molecule has 1 fully saturated rings. The lowest BCUT2D eigenvalue weighted by Crippen LogP contribution is -2.60. The first-order valence-electron chi connectivity index (χ1n) is 14.9. The standard InChI is InChI=1S/C29H55NO8/c1-3-5-7-9-10-11-12-13-15-16-18-23(32)22(30-25(33)19-17-14-8-6-4-2)21-37-29-28(36)27(35)26(34)24(20-31)38-29/h16,18,22-24,26-29,31-32,34-36H,3-15,17,19-21H2,1-2H3,(H,30,33)/b18-16+. The monoisotopic (exact) mass is 545 g/mol. The third-order valence-corrected chi connectivity index (χ3v) is 7.11. The summed E-state index contributed by atoms with van der Waals surface area (Å²) in [5.74, 6) is -0.195. The number of carbonyl (C=O) groups is 1. The number of hydrogen-bond donors (Lipinski definition) is 6. The van der Waals surface area contributed by atoms with Crippen molar-refractivity contribution in [3.63, 3.8) is 0 Å². The second-order valence-electron chi connectivity index (χ2n) is 10.6. The molecule has 9 heteroatoms. The van der Waals surface area contributed by atoms with Gasteiger partial charge in [-0.25, -0.2) is 0 Å². The highest BCUT2D eigenvalue weighted by Crippen LogP contribution is 2.22. The molecule has 1 aliphatic rings. The predicted molar refractivity (Wildman–Crippen MR) is 147 cm³/mol. The van der Waals surface area contributed by atoms with Crippen LogP contribution in [0.5, 0.6) is 0 Å². The van der Waals surface area contributed by atoms with Crippen LogP contribution in [0, 0.1) is 0 Å². The van der Waals surface area contributed by atoms with Gasteiger partial charge >= 0.3 is 0 Å². The van der Waals surface area contributed by atoms with Crippen molar-refractivity contribution in [2.24, 2.45) is 0 Å². The fourth-order valence-electron chi connectivity index (χ4n) is 4.56. The topological polar surface area (TPSA) is 149 Å². The maximum absolute atomic E-state index is 12.6. The summed E-state index contributed by atoms with van der Waals surface area (Å²) in [6.45, 7) is 3.60. The van der Waals surface area contributed by atoms with Gasteiger partial charge in [0.15, 0.2) is 6.29 Å². The van der Waals surface area contributed by atoms with Gasteiger partial charge in [-0.2, -0.15) is 0 Å². The van der Waals surface area contributed by atoms with Crippen LogP contribution >= 0.6 is 0 Å². The molecule has 6 N–H and O–H groups in total. The number of carbonyl (C=O) groups excluding carboxylic acids is 1. The molecule has 0 aromatic rings. The Kier molecular flexibility index (Phi) is 20.0. The summed E-state index contributed by atoms with van der Waals surface area (Å²) < 4.78 is 11.0. The van der Waals surface area contributed by atoms with Crippen molar-refractivity contribution in [1.29, 1.82) is 0 Å². The van der Waals surface area contributed by atoms with Crippen LogP contribution in [0.4, 0.5) is 0 Å². The number of nitrogens with one attached hydrogen (secondary N) is 1. The van der Waals surface area contributed by atoms with Gasteiger partial charge in [0.2, 0.25) is 5.91 Å². The van der Waals surface area contributed by atoms with E-state index in [1.807, 2.05) is 6.08 Å². The Hall–Kier alpha value is -1.07. The highest BCUT2D eigenvalue weighted by Gasteiger charge is 2.44. The first-order valence-corrected chi connectivity index (χ1v) is 14.9. The Morgan fingerprint density at radius 2 is 1.45 bits per heavy atom. The third-order valence-electron chi connectivity index (χ3n) is 7.11. The molecule has 1 amide bonds. The van der Waals surface area contributed by atoms with E-state index in [2.05, 4.69) is 19.2 Å². The average molecular weight is 546 g/mol. The molecular weight excluding hydrogens is 490 g/mol. The quantitative estimate of drug-likeness (QED) is 0.0898. The van der Waals surface area contributed by atoms with E-state index in [0.717, 1.165) is 51.4 Å². The van der Waals surface area contributed by atoms with E-state index in [-0.39, 0.29) is 12.5 Å². The van der Waals surface area contributed by atoms with Gasteiger partial charge in [-0.3, -0.25) is 4.79 Å². The fraction of sp³-hybridized carbons (Fsp3) is 0.897. The molecule has 0 saturated carbocycles. The molecule has 1 heterocycles. The first kappa shape index (κ1) is 35.0. The van der Waals surface area contributed by atoms with Crippen LogP contribution in [0.3, 0.4) is 0 Å². The lowest BCUT2D eigenvalue weighted by Gasteiger charge is -2.40. The van der Waals surface area contributed by atoms with Crippen molar-refractivity contribution in [2.45, 2.75) is 153 Å². The summed E-state index contributed by atoms with van der Waals surface area (Å²) >= 11 is 0. The van der Waals surface area contributed by atoms with Gasteiger partial charge in [-0.1, -0.05) is 96.6 Å². The highest BCUT2D eigenvalue weighted by molar-refractivity contribution is 5.76. The van der Waals surface area contributed by atoms with Crippen molar-refractivity contribution in [2.75, 3.05) is 13.2 Å². The van der Waals surface area contributed by atoms with Gasteiger partial charge in [0.1, 0.15) is 24.4 Å². The first-order chi connectivity index (χ1) is 18.3. The van der Waals surface area contributed by atoms with E-state index in [9.17, 15) is 30.3 Å². The molecule has 224 valence electrons. The van der Waals surface area contributed by atoms with E-state index in [4.69, 9.17) is 9.47 Å². The molecule has 0 spiro atoms. The van der Waals surface area contributed by atoms with Gasteiger partial charge in [-0.15, -0.1) is 0 Å². The predicted octanol–water partition coefficient (Wildman–Crippen LogP) is 3.10. The van der Waals surface area contributed by atoms with Gasteiger partial charge in [0, 0.05) is 6.42 Å². The number of amides is 1. The molecule has 7 unspecified atom stereocenters. The highest BCUT2D eigenvalue weighted by atomic mass is 16.7. The van der Waals surface area contributed by atoms with E-state index in [1.165, 1.54) is 38.5 Å². The van der Waals surface area contributed by atoms with E-state index >= 15 is 0 Å². The van der Waals surface area contributed by atoms with Crippen LogP contribution in [0.2, 0.25) is 0 Å². The summed E-state index contributed by atoms with van der Waals surface area (Å²) in [5.41, 5.74) is 0. The minimum atomic E-state index is -1.56. The number of hydrogen-bond acceptors (Lipinski definition) is 8. The Morgan fingerprint density at radius 3 is 2.05 bits per heavy atom. The molecule has 1 rings (SSSR count). The Morgan fingerprint density at radius 1 is 0.868 bits per heavy atom. The Labute approximate surface area is 229 Å². The SMILES string of the molecule is CCCCCCCCCC/C=C/C(O)C(COC1OC(CO)C(O)C(O)C1O)NC(=O)CCCCCCC. The molecule has 0 bridgehead atoms. The normalized spacial score (nSPS) is 25.5. The summed E-state index contributed by atoms with van der Waals surface area (Å²) in [5, 5.41) is 53.2. The summed E-state index contributed by atoms with van der Waals surface area (Å²) in [7, 11) is 0. The van der Waals surface area contributed by atoms with Crippen molar-refractivity contribution in [3.8, 4) is 0 Å². The fourth-order valence-corrected chi connectivity index (χ4v) is 4.56. The van der Waals surface area contributed by atoms with Crippen LogP contribution in [-0.2, 0) is 14.3 Å². The Balaban J connectivity index is 2.59. The van der Waals surface area contributed by atoms with Crippen molar-refractivity contribution < 1.29 is 39.8 Å². The molecule has 1 aliphatic heterocycles. The third kappa shape index (κ3) is 14.4. The van der Waals surface area contributed by atoms with Gasteiger partial charge in [-0.05, 0) is 19.3 Å². The lowest BCUT2D eigenvalue weighted by molar-refractivity contribution is -0.302. The van der Waals surface area contributed by atoms with Crippen LogP contribution in [-0.4, -0.2) is 87.5 Å². The number of ether oxygens (including phenoxy) is 2. The smallest absolute Gasteiger partial charge is 0.220 e. The number of aliphatic hydroxyl groups excluding tert-OH is 5. The molecule has 0 aromatic carbocycles. The van der Waals surface area contributed by atoms with Crippen LogP contribution in [0.1, 0.15) is 110 Å². The number of allylic oxidation sites excluding steroid dienone is 1. The lowest BCUT2D eigenvalue weighted by atomic mass is 9.99. The molecule has 0 aliphatic carbocycles. The molecule has 1 saturated heterocycles. The summed E-state index contributed by atoms with van der Waals surface area (Å²) in [6, 6.07) is -0.791. The molecule has 9 nitrogen and oxygen atoms in total. The van der Waals surface area contributed by atoms with Crippen molar-refractivity contribution in [3.05, 3.63) is 12.2 Å². The number of aliphatic hydroxyl groups is 5. The second-order valence-corrected chi connectivity index (χ2v) is 10.6. The maximum Gasteiger partial charge on any atom is 0.220 e. The molecule has 7 atom stereocenters. The minimum absolute atomic E-state index is 0.187. The van der Waals surface area contributed by atoms with Gasteiger partial charge in [0.05, 0.1) is 25.4 Å². The number of unbranched alkanes of at least 4 members (excludes halogenated alkanes) is 12. The van der Waals surface area contributed by atoms with Crippen molar-refractivity contribution >= 4 is 5.91 Å². The maximum atomic E-state index is 12.6. The zero-order chi connectivity index (χ0) is 28.2. The van der Waals surface area contributed by atoms with Crippen LogP contribution in [0.25, 0.3) is 0 Å². The molecule has 0 radical (unpaired) electrons. The largest absolute Gasteiger partial charge is 0.394 e. The molecule has 38 heavy (non-hydrogen) atoms. The van der Waals surface area contributed by atoms with E-state index in [0.29, 0.717) is 6.42 Å². The zero-order valence-corrected chi connectivity index (χ0v) is 23.7. The van der Waals surface area contributed by atoms with Crippen molar-refractivity contribution in [1.82, 2.24) is 5.32 Å². The average Bonchev–Trinajstić information content (AvgIpc) is 2.91. The minimum Gasteiger partial charge on any atom is -0.394 e. The molecular formula is C29H55NO8. The van der Waals surface area contributed by atoms with E-state index < -0.39 is 49.5 Å². The summed E-state index contributed by atoms with van der Waals surface area (Å²) in [4.78, 5) is 12.6. The van der Waals surface area contributed by atoms with Gasteiger partial charge in [0.25, 0.3) is 0 Å². The summed E-state index contributed by atoms with van der Waals surface area (Å²) in [6.07, 6.45) is 11.6. The molecule has 0 aromatic heterocycles. The van der Waals surface area contributed by atoms with Crippen LogP contribution < -0.4 is 5.32 Å². The van der Waals surface area contributed by atoms with E-state index in [1.54, 1.807) is 6.08 Å². The Bertz CT molecular complexity index is 617. The van der Waals surface area contributed by atoms with Gasteiger partial charge < -0.3 is 40.3 Å².